The van der Waals surface area contributed by atoms with E-state index in [1.54, 1.807) is 0 Å². The van der Waals surface area contributed by atoms with Gasteiger partial charge in [-0.1, -0.05) is 126 Å². The zero-order valence-corrected chi connectivity index (χ0v) is 22.0. The molecule has 0 saturated heterocycles. The molecule has 0 spiro atoms. The van der Waals surface area contributed by atoms with E-state index in [0.29, 0.717) is 5.92 Å². The lowest BCUT2D eigenvalue weighted by Crippen LogP contribution is -2.27. The largest absolute Gasteiger partial charge is 0.0617 e. The number of rotatable bonds is 2. The van der Waals surface area contributed by atoms with Crippen molar-refractivity contribution in [3.63, 3.8) is 0 Å². The van der Waals surface area contributed by atoms with Crippen LogP contribution >= 0.6 is 0 Å². The van der Waals surface area contributed by atoms with Crippen LogP contribution in [0.5, 0.6) is 0 Å². The van der Waals surface area contributed by atoms with Gasteiger partial charge >= 0.3 is 0 Å². The maximum atomic E-state index is 2.41. The quantitative estimate of drug-likeness (QED) is 0.466. The molecule has 0 radical (unpaired) electrons. The molecule has 0 aliphatic rings. The monoisotopic (exact) mass is 406 g/mol. The van der Waals surface area contributed by atoms with Gasteiger partial charge in [0.2, 0.25) is 0 Å². The van der Waals surface area contributed by atoms with Crippen molar-refractivity contribution in [2.45, 2.75) is 118 Å². The second kappa shape index (κ2) is 7.85. The van der Waals surface area contributed by atoms with Gasteiger partial charge in [-0.3, -0.25) is 0 Å². The van der Waals surface area contributed by atoms with Crippen LogP contribution in [0, 0.1) is 0 Å². The first-order chi connectivity index (χ1) is 13.4. The van der Waals surface area contributed by atoms with Crippen molar-refractivity contribution in [3.8, 4) is 0 Å². The minimum atomic E-state index is 0.0942. The van der Waals surface area contributed by atoms with Gasteiger partial charge in [0.25, 0.3) is 0 Å². The third kappa shape index (κ3) is 5.01. The van der Waals surface area contributed by atoms with Gasteiger partial charge in [0.15, 0.2) is 0 Å². The fraction of sp³-hybridized carbons (Fsp3) is 0.600. The summed E-state index contributed by atoms with van der Waals surface area (Å²) in [4.78, 5) is 0. The molecule has 0 bridgehead atoms. The van der Waals surface area contributed by atoms with Crippen molar-refractivity contribution >= 4 is 0 Å². The Morgan fingerprint density at radius 2 is 0.767 bits per heavy atom. The molecule has 30 heavy (non-hydrogen) atoms. The van der Waals surface area contributed by atoms with Crippen LogP contribution in [0.25, 0.3) is 0 Å². The summed E-state index contributed by atoms with van der Waals surface area (Å²) in [5, 5.41) is 0. The van der Waals surface area contributed by atoms with Crippen LogP contribution in [-0.2, 0) is 21.7 Å². The van der Waals surface area contributed by atoms with Gasteiger partial charge in [-0.25, -0.2) is 0 Å². The molecule has 0 amide bonds. The summed E-state index contributed by atoms with van der Waals surface area (Å²) in [6.07, 6.45) is 0. The van der Waals surface area contributed by atoms with Crippen molar-refractivity contribution in [1.82, 2.24) is 0 Å². The Balaban J connectivity index is 2.88. The van der Waals surface area contributed by atoms with Crippen molar-refractivity contribution < 1.29 is 0 Å². The van der Waals surface area contributed by atoms with Gasteiger partial charge < -0.3 is 0 Å². The van der Waals surface area contributed by atoms with E-state index in [1.165, 1.54) is 33.4 Å². The summed E-state index contributed by atoms with van der Waals surface area (Å²) in [5.74, 6) is 0.345. The zero-order chi connectivity index (χ0) is 23.3. The fourth-order valence-corrected chi connectivity index (χ4v) is 4.95. The Hall–Kier alpha value is -1.56. The predicted octanol–water partition coefficient (Wildman–Crippen LogP) is 9.03. The van der Waals surface area contributed by atoms with Crippen LogP contribution in [-0.4, -0.2) is 0 Å². The maximum Gasteiger partial charge on any atom is 0.00670 e. The molecular weight excluding hydrogens is 360 g/mol. The minimum absolute atomic E-state index is 0.0942. The van der Waals surface area contributed by atoms with Gasteiger partial charge in [-0.05, 0) is 55.0 Å². The SMILES string of the molecule is CC(c1cccc(C(C)(C)C)c1C(C)(C)C)c1cccc(C(C)(C)C)c1C(C)(C)C. The molecule has 2 aromatic rings. The Morgan fingerprint density at radius 3 is 1.00 bits per heavy atom. The predicted molar refractivity (Wildman–Crippen MR) is 135 cm³/mol. The smallest absolute Gasteiger partial charge is 0.00670 e. The maximum absolute atomic E-state index is 2.41. The average molecular weight is 407 g/mol. The summed E-state index contributed by atoms with van der Waals surface area (Å²) in [6, 6.07) is 14.0. The van der Waals surface area contributed by atoms with Crippen LogP contribution in [0.4, 0.5) is 0 Å². The first-order valence-corrected chi connectivity index (χ1v) is 11.6. The van der Waals surface area contributed by atoms with Crippen molar-refractivity contribution in [2.75, 3.05) is 0 Å². The third-order valence-corrected chi connectivity index (χ3v) is 6.24. The Labute approximate surface area is 187 Å². The molecular formula is C30H46. The summed E-state index contributed by atoms with van der Waals surface area (Å²) < 4.78 is 0. The van der Waals surface area contributed by atoms with E-state index in [2.05, 4.69) is 126 Å². The van der Waals surface area contributed by atoms with Crippen molar-refractivity contribution in [2.24, 2.45) is 0 Å². The average Bonchev–Trinajstić information content (AvgIpc) is 2.56. The highest BCUT2D eigenvalue weighted by atomic mass is 14.4. The van der Waals surface area contributed by atoms with Crippen LogP contribution < -0.4 is 0 Å². The number of hydrogen-bond acceptors (Lipinski definition) is 0. The highest BCUT2D eigenvalue weighted by Crippen LogP contribution is 2.44. The molecule has 0 atom stereocenters. The lowest BCUT2D eigenvalue weighted by Gasteiger charge is -2.37. The summed E-state index contributed by atoms with van der Waals surface area (Å²) in [5.41, 5.74) is 9.38. The molecule has 2 aromatic carbocycles. The summed E-state index contributed by atoms with van der Waals surface area (Å²) in [6.45, 7) is 30.6. The van der Waals surface area contributed by atoms with Gasteiger partial charge in [0.1, 0.15) is 0 Å². The molecule has 0 saturated carbocycles. The van der Waals surface area contributed by atoms with Crippen LogP contribution in [0.3, 0.4) is 0 Å². The van der Waals surface area contributed by atoms with Crippen molar-refractivity contribution in [1.29, 1.82) is 0 Å². The van der Waals surface area contributed by atoms with E-state index in [1.807, 2.05) is 0 Å². The van der Waals surface area contributed by atoms with Crippen LogP contribution in [0.2, 0.25) is 0 Å². The first-order valence-electron chi connectivity index (χ1n) is 11.6. The summed E-state index contributed by atoms with van der Waals surface area (Å²) in [7, 11) is 0. The molecule has 166 valence electrons. The molecule has 0 heterocycles. The van der Waals surface area contributed by atoms with E-state index >= 15 is 0 Å². The highest BCUT2D eigenvalue weighted by Gasteiger charge is 2.33. The lowest BCUT2D eigenvalue weighted by atomic mass is 9.67. The standard InChI is InChI=1S/C30H46/c1-20(21-16-14-18-23(27(2,3)4)25(21)29(8,9)10)22-17-15-19-24(28(5,6)7)26(22)30(11,12)13/h14-20H,1-13H3. The summed E-state index contributed by atoms with van der Waals surface area (Å²) >= 11 is 0. The van der Waals surface area contributed by atoms with Gasteiger partial charge in [-0.15, -0.1) is 0 Å². The molecule has 0 nitrogen and oxygen atoms in total. The van der Waals surface area contributed by atoms with Gasteiger partial charge in [0, 0.05) is 5.92 Å². The number of hydrogen-bond donors (Lipinski definition) is 0. The normalized spacial score (nSPS) is 13.8. The molecule has 0 aromatic heterocycles. The third-order valence-electron chi connectivity index (χ3n) is 6.24. The molecule has 0 fully saturated rings. The fourth-order valence-electron chi connectivity index (χ4n) is 4.95. The Morgan fingerprint density at radius 1 is 0.467 bits per heavy atom. The minimum Gasteiger partial charge on any atom is -0.0617 e. The molecule has 0 heteroatoms. The number of benzene rings is 2. The van der Waals surface area contributed by atoms with Crippen LogP contribution in [0.15, 0.2) is 36.4 Å². The highest BCUT2D eigenvalue weighted by molar-refractivity contribution is 5.52. The van der Waals surface area contributed by atoms with Gasteiger partial charge in [0.05, 0.1) is 0 Å². The second-order valence-electron chi connectivity index (χ2n) is 13.3. The van der Waals surface area contributed by atoms with E-state index in [-0.39, 0.29) is 21.7 Å². The van der Waals surface area contributed by atoms with E-state index in [0.717, 1.165) is 0 Å². The Bertz CT molecular complexity index is 808. The van der Waals surface area contributed by atoms with E-state index < -0.39 is 0 Å². The van der Waals surface area contributed by atoms with E-state index in [4.69, 9.17) is 0 Å². The first kappa shape index (κ1) is 24.7. The zero-order valence-electron chi connectivity index (χ0n) is 22.0. The molecule has 0 aliphatic heterocycles. The van der Waals surface area contributed by atoms with Crippen molar-refractivity contribution in [3.05, 3.63) is 69.8 Å². The van der Waals surface area contributed by atoms with E-state index in [9.17, 15) is 0 Å². The van der Waals surface area contributed by atoms with Gasteiger partial charge in [-0.2, -0.15) is 0 Å². The molecule has 2 rings (SSSR count). The molecule has 0 N–H and O–H groups in total. The molecule has 0 aliphatic carbocycles. The molecule has 0 unspecified atom stereocenters. The topological polar surface area (TPSA) is 0 Å². The van der Waals surface area contributed by atoms with Crippen LogP contribution in [0.1, 0.15) is 129 Å². The second-order valence-corrected chi connectivity index (χ2v) is 13.3. The Kier molecular flexibility index (Phi) is 6.46. The lowest BCUT2D eigenvalue weighted by molar-refractivity contribution is 0.515.